The van der Waals surface area contributed by atoms with E-state index in [1.165, 1.54) is 38.3 Å². The molecule has 2 atom stereocenters. The summed E-state index contributed by atoms with van der Waals surface area (Å²) in [6.45, 7) is 4.50. The van der Waals surface area contributed by atoms with Crippen molar-refractivity contribution in [2.75, 3.05) is 7.11 Å². The first kappa shape index (κ1) is 31.6. The molecule has 0 saturated carbocycles. The van der Waals surface area contributed by atoms with E-state index < -0.39 is 58.0 Å². The van der Waals surface area contributed by atoms with Gasteiger partial charge >= 0.3 is 18.4 Å². The van der Waals surface area contributed by atoms with Gasteiger partial charge in [0.25, 0.3) is 5.69 Å². The molecule has 14 heteroatoms. The summed E-state index contributed by atoms with van der Waals surface area (Å²) < 4.78 is 106. The Labute approximate surface area is 241 Å². The molecule has 43 heavy (non-hydrogen) atoms. The van der Waals surface area contributed by atoms with Crippen LogP contribution >= 0.6 is 0 Å². The molecule has 1 unspecified atom stereocenters. The standard InChI is InChI=1S/C29H25F7N2O5/c1-14(2)22-11-23(25(42-4)12-24(22)30)21-6-5-20(38(40)41)9-17(21)13-37-15(3)26(43-27(37)39)16-7-18(28(31,32)33)10-19(8-16)29(34,35)36/h5-12,14-15,26H,13H2,1-4H3/t15-,26?/m0/s1. The number of carbonyl (C=O) groups excluding carboxylic acids is 1. The first-order valence-electron chi connectivity index (χ1n) is 12.8. The molecule has 1 amide bonds. The Morgan fingerprint density at radius 1 is 0.977 bits per heavy atom. The Bertz CT molecular complexity index is 1540. The van der Waals surface area contributed by atoms with Gasteiger partial charge in [0.2, 0.25) is 0 Å². The number of nitro benzene ring substituents is 1. The topological polar surface area (TPSA) is 81.9 Å². The van der Waals surface area contributed by atoms with Crippen LogP contribution in [0, 0.1) is 15.9 Å². The lowest BCUT2D eigenvalue weighted by Gasteiger charge is -2.24. The Kier molecular flexibility index (Phi) is 8.35. The third kappa shape index (κ3) is 6.37. The number of ether oxygens (including phenoxy) is 2. The van der Waals surface area contributed by atoms with E-state index in [1.54, 1.807) is 13.8 Å². The van der Waals surface area contributed by atoms with Gasteiger partial charge in [0.15, 0.2) is 0 Å². The lowest BCUT2D eigenvalue weighted by atomic mass is 9.92. The van der Waals surface area contributed by atoms with E-state index >= 15 is 0 Å². The van der Waals surface area contributed by atoms with E-state index in [2.05, 4.69) is 0 Å². The molecule has 1 heterocycles. The molecular formula is C29H25F7N2O5. The van der Waals surface area contributed by atoms with Crippen LogP contribution in [0.4, 0.5) is 41.2 Å². The normalized spacial score (nSPS) is 17.4. The minimum atomic E-state index is -5.11. The average Bonchev–Trinajstić information content (AvgIpc) is 3.19. The fourth-order valence-electron chi connectivity index (χ4n) is 4.97. The fourth-order valence-corrected chi connectivity index (χ4v) is 4.97. The third-order valence-corrected chi connectivity index (χ3v) is 7.20. The molecule has 230 valence electrons. The number of rotatable bonds is 7. The maximum absolute atomic E-state index is 14.7. The zero-order valence-corrected chi connectivity index (χ0v) is 23.1. The van der Waals surface area contributed by atoms with Crippen molar-refractivity contribution in [3.05, 3.63) is 92.3 Å². The lowest BCUT2D eigenvalue weighted by molar-refractivity contribution is -0.384. The van der Waals surface area contributed by atoms with Crippen molar-refractivity contribution in [2.45, 2.75) is 57.7 Å². The first-order chi connectivity index (χ1) is 19.9. The van der Waals surface area contributed by atoms with Crippen molar-refractivity contribution in [1.82, 2.24) is 4.90 Å². The van der Waals surface area contributed by atoms with Crippen LogP contribution in [0.25, 0.3) is 11.1 Å². The first-order valence-corrected chi connectivity index (χ1v) is 12.8. The highest BCUT2D eigenvalue weighted by atomic mass is 19.4. The average molecular weight is 615 g/mol. The van der Waals surface area contributed by atoms with Crippen molar-refractivity contribution in [3.8, 4) is 16.9 Å². The highest BCUT2D eigenvalue weighted by molar-refractivity contribution is 5.77. The zero-order chi connectivity index (χ0) is 32.0. The third-order valence-electron chi connectivity index (χ3n) is 7.20. The number of benzene rings is 3. The molecule has 1 saturated heterocycles. The van der Waals surface area contributed by atoms with Gasteiger partial charge in [-0.15, -0.1) is 0 Å². The minimum Gasteiger partial charge on any atom is -0.496 e. The van der Waals surface area contributed by atoms with Gasteiger partial charge in [0.05, 0.1) is 35.7 Å². The number of hydrogen-bond acceptors (Lipinski definition) is 5. The number of non-ortho nitro benzene ring substituents is 1. The zero-order valence-electron chi connectivity index (χ0n) is 23.1. The Balaban J connectivity index is 1.80. The largest absolute Gasteiger partial charge is 0.496 e. The van der Waals surface area contributed by atoms with Crippen LogP contribution in [0.2, 0.25) is 0 Å². The number of alkyl halides is 6. The number of halogens is 7. The van der Waals surface area contributed by atoms with Gasteiger partial charge in [-0.25, -0.2) is 9.18 Å². The molecule has 1 aliphatic rings. The van der Waals surface area contributed by atoms with Crippen LogP contribution < -0.4 is 4.74 Å². The molecule has 0 aliphatic carbocycles. The van der Waals surface area contributed by atoms with Gasteiger partial charge in [-0.2, -0.15) is 26.3 Å². The highest BCUT2D eigenvalue weighted by Gasteiger charge is 2.43. The number of nitro groups is 1. The van der Waals surface area contributed by atoms with Gasteiger partial charge in [-0.05, 0) is 65.4 Å². The summed E-state index contributed by atoms with van der Waals surface area (Å²) in [6, 6.07) is 6.29. The molecule has 4 rings (SSSR count). The molecule has 3 aromatic carbocycles. The van der Waals surface area contributed by atoms with Crippen molar-refractivity contribution in [1.29, 1.82) is 0 Å². The van der Waals surface area contributed by atoms with Crippen LogP contribution in [0.3, 0.4) is 0 Å². The second kappa shape index (κ2) is 11.4. The maximum atomic E-state index is 14.7. The number of methoxy groups -OCH3 is 1. The van der Waals surface area contributed by atoms with Crippen LogP contribution in [0.1, 0.15) is 60.6 Å². The van der Waals surface area contributed by atoms with Gasteiger partial charge in [0.1, 0.15) is 17.7 Å². The molecule has 0 radical (unpaired) electrons. The summed E-state index contributed by atoms with van der Waals surface area (Å²) in [4.78, 5) is 24.9. The summed E-state index contributed by atoms with van der Waals surface area (Å²) in [6.07, 6.45) is -12.8. The summed E-state index contributed by atoms with van der Waals surface area (Å²) in [7, 11) is 1.30. The molecule has 0 spiro atoms. The van der Waals surface area contributed by atoms with Gasteiger partial charge in [-0.1, -0.05) is 13.8 Å². The van der Waals surface area contributed by atoms with E-state index in [-0.39, 0.29) is 35.5 Å². The highest BCUT2D eigenvalue weighted by Crippen LogP contribution is 2.43. The van der Waals surface area contributed by atoms with E-state index in [0.29, 0.717) is 28.8 Å². The smallest absolute Gasteiger partial charge is 0.416 e. The van der Waals surface area contributed by atoms with Gasteiger partial charge in [0, 0.05) is 23.8 Å². The Morgan fingerprint density at radius 2 is 1.58 bits per heavy atom. The van der Waals surface area contributed by atoms with Crippen LogP contribution in [-0.4, -0.2) is 29.1 Å². The Morgan fingerprint density at radius 3 is 2.09 bits per heavy atom. The van der Waals surface area contributed by atoms with E-state index in [9.17, 15) is 45.6 Å². The molecule has 3 aromatic rings. The second-order valence-electron chi connectivity index (χ2n) is 10.3. The number of hydrogen-bond donors (Lipinski definition) is 0. The van der Waals surface area contributed by atoms with Gasteiger partial charge in [-0.3, -0.25) is 15.0 Å². The predicted octanol–water partition coefficient (Wildman–Crippen LogP) is 8.65. The van der Waals surface area contributed by atoms with Crippen LogP contribution in [-0.2, 0) is 23.6 Å². The maximum Gasteiger partial charge on any atom is 0.416 e. The quantitative estimate of drug-likeness (QED) is 0.151. The summed E-state index contributed by atoms with van der Waals surface area (Å²) in [5.74, 6) is -0.705. The Hall–Kier alpha value is -4.36. The summed E-state index contributed by atoms with van der Waals surface area (Å²) >= 11 is 0. The van der Waals surface area contributed by atoms with Crippen molar-refractivity contribution in [2.24, 2.45) is 0 Å². The van der Waals surface area contributed by atoms with E-state index in [4.69, 9.17) is 9.47 Å². The molecule has 0 bridgehead atoms. The van der Waals surface area contributed by atoms with Crippen LogP contribution in [0.15, 0.2) is 48.5 Å². The van der Waals surface area contributed by atoms with Crippen molar-refractivity contribution < 1.29 is 49.9 Å². The van der Waals surface area contributed by atoms with Crippen molar-refractivity contribution in [3.63, 3.8) is 0 Å². The monoisotopic (exact) mass is 614 g/mol. The molecule has 1 fully saturated rings. The van der Waals surface area contributed by atoms with Crippen molar-refractivity contribution >= 4 is 11.8 Å². The molecule has 7 nitrogen and oxygen atoms in total. The lowest BCUT2D eigenvalue weighted by Crippen LogP contribution is -2.31. The summed E-state index contributed by atoms with van der Waals surface area (Å²) in [5, 5.41) is 11.6. The number of amides is 1. The van der Waals surface area contributed by atoms with E-state index in [0.717, 1.165) is 11.0 Å². The number of nitrogens with zero attached hydrogens (tertiary/aromatic N) is 2. The fraction of sp³-hybridized carbons (Fsp3) is 0.345. The van der Waals surface area contributed by atoms with Crippen LogP contribution in [0.5, 0.6) is 5.75 Å². The molecule has 0 N–H and O–H groups in total. The molecule has 0 aromatic heterocycles. The molecular weight excluding hydrogens is 589 g/mol. The second-order valence-corrected chi connectivity index (χ2v) is 10.3. The van der Waals surface area contributed by atoms with Gasteiger partial charge < -0.3 is 9.47 Å². The van der Waals surface area contributed by atoms with E-state index in [1.807, 2.05) is 0 Å². The summed E-state index contributed by atoms with van der Waals surface area (Å²) in [5.41, 5.74) is -2.83. The SMILES string of the molecule is COc1cc(F)c(C(C)C)cc1-c1ccc([N+](=O)[O-])cc1CN1C(=O)OC(c2cc(C(F)(F)F)cc(C(F)(F)F)c2)[C@@H]1C. The number of carbonyl (C=O) groups is 1. The minimum absolute atomic E-state index is 0.0282. The number of cyclic esters (lactones) is 1. The molecule has 1 aliphatic heterocycles. The predicted molar refractivity (Wildman–Crippen MR) is 140 cm³/mol.